The van der Waals surface area contributed by atoms with Crippen LogP contribution in [0.15, 0.2) is 54.9 Å². The zero-order valence-corrected chi connectivity index (χ0v) is 16.8. The molecule has 1 N–H and O–H groups in total. The molecule has 1 fully saturated rings. The van der Waals surface area contributed by atoms with Gasteiger partial charge in [-0.2, -0.15) is 14.2 Å². The maximum atomic E-state index is 12.7. The van der Waals surface area contributed by atoms with E-state index in [-0.39, 0.29) is 36.5 Å². The predicted molar refractivity (Wildman–Crippen MR) is 104 cm³/mol. The molecular weight excluding hydrogens is 388 g/mol. The Kier molecular flexibility index (Phi) is 8.72. The van der Waals surface area contributed by atoms with E-state index in [0.29, 0.717) is 6.54 Å². The third-order valence-electron chi connectivity index (χ3n) is 5.13. The summed E-state index contributed by atoms with van der Waals surface area (Å²) in [6.07, 6.45) is 6.05. The summed E-state index contributed by atoms with van der Waals surface area (Å²) in [5, 5.41) is 9.07. The number of carboxylic acids is 1. The predicted octanol–water partition coefficient (Wildman–Crippen LogP) is 2.84. The first kappa shape index (κ1) is 22.8. The molecule has 0 saturated carbocycles. The van der Waals surface area contributed by atoms with Crippen LogP contribution in [0.3, 0.4) is 0 Å². The molecule has 2 aromatic rings. The average molecular weight is 413 g/mol. The van der Waals surface area contributed by atoms with Crippen LogP contribution in [0.1, 0.15) is 48.0 Å². The molecule has 1 aromatic heterocycles. The zero-order valence-electron chi connectivity index (χ0n) is 16.8. The third kappa shape index (κ3) is 6.25. The van der Waals surface area contributed by atoms with Gasteiger partial charge in [-0.1, -0.05) is 37.3 Å². The van der Waals surface area contributed by atoms with E-state index in [1.165, 1.54) is 17.8 Å². The van der Waals surface area contributed by atoms with Crippen LogP contribution in [0.4, 0.5) is 4.79 Å². The number of nitrogens with zero attached hydrogens (tertiary/aromatic N) is 2. The van der Waals surface area contributed by atoms with Gasteiger partial charge in [-0.25, -0.2) is 9.59 Å². The van der Waals surface area contributed by atoms with E-state index >= 15 is 0 Å². The molecule has 8 nitrogen and oxygen atoms in total. The smallest absolute Gasteiger partial charge is 0.414 e. The highest BCUT2D eigenvalue weighted by molar-refractivity contribution is 5.86. The maximum absolute atomic E-state index is 12.7. The van der Waals surface area contributed by atoms with Gasteiger partial charge in [0.05, 0.1) is 0 Å². The van der Waals surface area contributed by atoms with Crippen LogP contribution in [0, 0.1) is 0 Å². The molecule has 8 heteroatoms. The van der Waals surface area contributed by atoms with Crippen LogP contribution < -0.4 is 4.57 Å². The number of carbonyl (C=O) groups excluding carboxylic acids is 3. The van der Waals surface area contributed by atoms with Gasteiger partial charge in [-0.3, -0.25) is 0 Å². The summed E-state index contributed by atoms with van der Waals surface area (Å²) in [7, 11) is 0. The van der Waals surface area contributed by atoms with Crippen molar-refractivity contribution in [2.75, 3.05) is 6.54 Å². The van der Waals surface area contributed by atoms with Gasteiger partial charge < -0.3 is 14.7 Å². The van der Waals surface area contributed by atoms with Crippen molar-refractivity contribution in [3.05, 3.63) is 66.0 Å². The number of rotatable bonds is 5. The van der Waals surface area contributed by atoms with Gasteiger partial charge in [-0.15, -0.1) is 0 Å². The highest BCUT2D eigenvalue weighted by Crippen LogP contribution is 2.30. The molecule has 1 aromatic carbocycles. The highest BCUT2D eigenvalue weighted by atomic mass is 16.6. The lowest BCUT2D eigenvalue weighted by Gasteiger charge is -2.38. The number of likely N-dealkylation sites (tertiary alicyclic amines) is 1. The molecule has 0 aliphatic carbocycles. The van der Waals surface area contributed by atoms with Gasteiger partial charge >= 0.3 is 18.2 Å². The molecule has 0 spiro atoms. The lowest BCUT2D eigenvalue weighted by atomic mass is 9.87. The highest BCUT2D eigenvalue weighted by Gasteiger charge is 2.32. The second-order valence-electron chi connectivity index (χ2n) is 6.99. The van der Waals surface area contributed by atoms with Gasteiger partial charge in [0.1, 0.15) is 5.56 Å². The summed E-state index contributed by atoms with van der Waals surface area (Å²) in [6.45, 7) is 2.82. The SMILES string of the molecule is C[C@H](c1ccccc1)[C@H]1CCCCN1C(=O)OC[n+]1cccc(C(=O)O)c1.O=C=O. The summed E-state index contributed by atoms with van der Waals surface area (Å²) in [4.78, 5) is 41.8. The summed E-state index contributed by atoms with van der Waals surface area (Å²) in [5.74, 6) is -0.787. The number of aromatic carboxylic acids is 1. The molecule has 2 atom stereocenters. The summed E-state index contributed by atoms with van der Waals surface area (Å²) < 4.78 is 7.03. The molecule has 0 bridgehead atoms. The molecule has 1 aliphatic heterocycles. The minimum Gasteiger partial charge on any atom is -0.477 e. The topological polar surface area (TPSA) is 105 Å². The Labute approximate surface area is 174 Å². The van der Waals surface area contributed by atoms with Crippen LogP contribution in [0.25, 0.3) is 0 Å². The Morgan fingerprint density at radius 2 is 1.90 bits per heavy atom. The van der Waals surface area contributed by atoms with Gasteiger partial charge in [0, 0.05) is 24.6 Å². The standard InChI is InChI=1S/C21H24N2O4.CO2/c1-16(17-8-3-2-4-9-17)19-11-5-6-13-23(19)21(26)27-15-22-12-7-10-18(14-22)20(24)25;2-1-3/h2-4,7-10,12,14,16,19H,5-6,11,13,15H2,1H3;/p+1/t16-,19-;/m1./s1. The molecule has 1 aliphatic rings. The number of carboxylic acid groups (broad SMARTS) is 1. The number of aromatic nitrogens is 1. The van der Waals surface area contributed by atoms with E-state index in [1.807, 2.05) is 23.1 Å². The van der Waals surface area contributed by atoms with Gasteiger partial charge in [0.25, 0.3) is 6.73 Å². The van der Waals surface area contributed by atoms with Gasteiger partial charge in [-0.05, 0) is 30.9 Å². The van der Waals surface area contributed by atoms with Crippen LogP contribution in [-0.4, -0.2) is 40.8 Å². The molecule has 2 heterocycles. The molecule has 0 unspecified atom stereocenters. The minimum atomic E-state index is -1.01. The van der Waals surface area contributed by atoms with Crippen LogP contribution in [-0.2, 0) is 21.1 Å². The van der Waals surface area contributed by atoms with E-state index < -0.39 is 5.97 Å². The van der Waals surface area contributed by atoms with Crippen molar-refractivity contribution in [1.29, 1.82) is 0 Å². The Balaban J connectivity index is 0.00000101. The van der Waals surface area contributed by atoms with Crippen LogP contribution in [0.2, 0.25) is 0 Å². The Morgan fingerprint density at radius 3 is 2.57 bits per heavy atom. The molecule has 158 valence electrons. The normalized spacial score (nSPS) is 16.4. The summed E-state index contributed by atoms with van der Waals surface area (Å²) in [6, 6.07) is 13.4. The van der Waals surface area contributed by atoms with Crippen molar-refractivity contribution in [3.8, 4) is 0 Å². The minimum absolute atomic E-state index is 0.0110. The number of benzene rings is 1. The molecule has 3 rings (SSSR count). The number of piperidine rings is 1. The van der Waals surface area contributed by atoms with Crippen LogP contribution in [0.5, 0.6) is 0 Å². The van der Waals surface area contributed by atoms with E-state index in [1.54, 1.807) is 16.8 Å². The van der Waals surface area contributed by atoms with Crippen molar-refractivity contribution in [1.82, 2.24) is 4.90 Å². The number of amides is 1. The molecular formula is C22H25N2O6+. The molecule has 1 amide bonds. The van der Waals surface area contributed by atoms with Crippen molar-refractivity contribution in [2.45, 2.75) is 44.9 Å². The number of carbonyl (C=O) groups is 2. The van der Waals surface area contributed by atoms with Gasteiger partial charge in [0.15, 0.2) is 12.4 Å². The first-order valence-corrected chi connectivity index (χ1v) is 9.68. The van der Waals surface area contributed by atoms with Crippen molar-refractivity contribution < 1.29 is 33.6 Å². The lowest BCUT2D eigenvalue weighted by Crippen LogP contribution is -2.48. The fourth-order valence-corrected chi connectivity index (χ4v) is 3.62. The Hall–Kier alpha value is -3.51. The first-order chi connectivity index (χ1) is 14.5. The summed E-state index contributed by atoms with van der Waals surface area (Å²) in [5.41, 5.74) is 1.37. The number of hydrogen-bond acceptors (Lipinski definition) is 5. The van der Waals surface area contributed by atoms with Crippen molar-refractivity contribution in [3.63, 3.8) is 0 Å². The fourth-order valence-electron chi connectivity index (χ4n) is 3.62. The lowest BCUT2D eigenvalue weighted by molar-refractivity contribution is -0.727. The quantitative estimate of drug-likeness (QED) is 0.756. The molecule has 0 radical (unpaired) electrons. The van der Waals surface area contributed by atoms with Crippen molar-refractivity contribution >= 4 is 18.2 Å². The van der Waals surface area contributed by atoms with Gasteiger partial charge in [0.2, 0.25) is 0 Å². The number of pyridine rings is 1. The number of hydrogen-bond donors (Lipinski definition) is 1. The fraction of sp³-hybridized carbons (Fsp3) is 0.364. The third-order valence-corrected chi connectivity index (χ3v) is 5.13. The monoisotopic (exact) mass is 413 g/mol. The largest absolute Gasteiger partial charge is 0.477 e. The zero-order chi connectivity index (χ0) is 21.9. The van der Waals surface area contributed by atoms with E-state index in [2.05, 4.69) is 19.1 Å². The van der Waals surface area contributed by atoms with E-state index in [9.17, 15) is 9.59 Å². The first-order valence-electron chi connectivity index (χ1n) is 9.68. The Bertz CT molecular complexity index is 880. The molecule has 1 saturated heterocycles. The summed E-state index contributed by atoms with van der Waals surface area (Å²) >= 11 is 0. The maximum Gasteiger partial charge on any atom is 0.414 e. The second kappa shape index (κ2) is 11.5. The van der Waals surface area contributed by atoms with Crippen LogP contribution >= 0.6 is 0 Å². The number of ether oxygens (including phenoxy) is 1. The second-order valence-corrected chi connectivity index (χ2v) is 6.99. The van der Waals surface area contributed by atoms with E-state index in [0.717, 1.165) is 19.3 Å². The Morgan fingerprint density at radius 1 is 1.20 bits per heavy atom. The average Bonchev–Trinajstić information content (AvgIpc) is 2.78. The molecule has 30 heavy (non-hydrogen) atoms. The van der Waals surface area contributed by atoms with Crippen molar-refractivity contribution in [2.24, 2.45) is 0 Å². The van der Waals surface area contributed by atoms with E-state index in [4.69, 9.17) is 19.4 Å².